The van der Waals surface area contributed by atoms with Crippen LogP contribution in [0.2, 0.25) is 0 Å². The van der Waals surface area contributed by atoms with E-state index in [9.17, 15) is 14.4 Å². The lowest BCUT2D eigenvalue weighted by molar-refractivity contribution is -0.127. The summed E-state index contributed by atoms with van der Waals surface area (Å²) in [7, 11) is 0. The Balaban J connectivity index is 1.37. The first-order valence-electron chi connectivity index (χ1n) is 8.81. The Bertz CT molecular complexity index is 634. The molecule has 2 fully saturated rings. The van der Waals surface area contributed by atoms with Crippen LogP contribution in [0.1, 0.15) is 25.7 Å². The second-order valence-electron chi connectivity index (χ2n) is 6.48. The molecule has 1 aromatic carbocycles. The average Bonchev–Trinajstić information content (AvgIpc) is 3.18. The van der Waals surface area contributed by atoms with Crippen LogP contribution in [0.5, 0.6) is 0 Å². The summed E-state index contributed by atoms with van der Waals surface area (Å²) in [6, 6.07) is 9.01. The SMILES string of the molecule is O=C(NCCCN1CCCC1=O)N[C@H]1CC(=O)N(c2ccccc2)C1. The van der Waals surface area contributed by atoms with Gasteiger partial charge in [0, 0.05) is 44.7 Å². The maximum Gasteiger partial charge on any atom is 0.315 e. The van der Waals surface area contributed by atoms with E-state index in [0.717, 1.165) is 25.1 Å². The molecule has 134 valence electrons. The number of carbonyl (C=O) groups is 3. The van der Waals surface area contributed by atoms with Crippen LogP contribution in [-0.4, -0.2) is 55.0 Å². The van der Waals surface area contributed by atoms with E-state index in [4.69, 9.17) is 0 Å². The molecule has 1 aromatic rings. The summed E-state index contributed by atoms with van der Waals surface area (Å²) in [4.78, 5) is 39.1. The van der Waals surface area contributed by atoms with Crippen molar-refractivity contribution in [3.8, 4) is 0 Å². The van der Waals surface area contributed by atoms with Gasteiger partial charge < -0.3 is 20.4 Å². The lowest BCUT2D eigenvalue weighted by Gasteiger charge is -2.18. The van der Waals surface area contributed by atoms with Crippen LogP contribution in [0.3, 0.4) is 0 Å². The van der Waals surface area contributed by atoms with E-state index in [0.29, 0.717) is 32.5 Å². The monoisotopic (exact) mass is 344 g/mol. The molecule has 4 amide bonds. The number of nitrogens with zero attached hydrogens (tertiary/aromatic N) is 2. The van der Waals surface area contributed by atoms with Crippen molar-refractivity contribution in [1.29, 1.82) is 0 Å². The number of para-hydroxylation sites is 1. The van der Waals surface area contributed by atoms with Gasteiger partial charge in [-0.2, -0.15) is 0 Å². The van der Waals surface area contributed by atoms with Gasteiger partial charge >= 0.3 is 6.03 Å². The second kappa shape index (κ2) is 8.00. The summed E-state index contributed by atoms with van der Waals surface area (Å²) in [6.07, 6.45) is 2.62. The first kappa shape index (κ1) is 17.3. The molecule has 7 heteroatoms. The van der Waals surface area contributed by atoms with Gasteiger partial charge in [0.05, 0.1) is 6.04 Å². The summed E-state index contributed by atoms with van der Waals surface area (Å²) in [5.41, 5.74) is 0.854. The second-order valence-corrected chi connectivity index (χ2v) is 6.48. The highest BCUT2D eigenvalue weighted by Gasteiger charge is 2.31. The molecule has 0 aliphatic carbocycles. The molecule has 3 rings (SSSR count). The molecule has 25 heavy (non-hydrogen) atoms. The van der Waals surface area contributed by atoms with Gasteiger partial charge in [0.25, 0.3) is 0 Å². The van der Waals surface area contributed by atoms with Crippen molar-refractivity contribution in [2.45, 2.75) is 31.7 Å². The van der Waals surface area contributed by atoms with Gasteiger partial charge in [0.2, 0.25) is 11.8 Å². The number of hydrogen-bond acceptors (Lipinski definition) is 3. The highest BCUT2D eigenvalue weighted by molar-refractivity contribution is 5.96. The third-order valence-electron chi connectivity index (χ3n) is 4.59. The Morgan fingerprint density at radius 3 is 2.68 bits per heavy atom. The minimum absolute atomic E-state index is 0.0176. The molecule has 2 aliphatic heterocycles. The quantitative estimate of drug-likeness (QED) is 0.759. The number of anilines is 1. The van der Waals surface area contributed by atoms with Gasteiger partial charge in [0.1, 0.15) is 0 Å². The van der Waals surface area contributed by atoms with Gasteiger partial charge in [-0.1, -0.05) is 18.2 Å². The molecule has 0 saturated carbocycles. The largest absolute Gasteiger partial charge is 0.343 e. The minimum atomic E-state index is -0.263. The Kier molecular flexibility index (Phi) is 5.53. The first-order chi connectivity index (χ1) is 12.1. The van der Waals surface area contributed by atoms with Crippen molar-refractivity contribution < 1.29 is 14.4 Å². The Morgan fingerprint density at radius 2 is 1.96 bits per heavy atom. The standard InChI is InChI=1S/C18H24N4O3/c23-16-8-4-10-21(16)11-5-9-19-18(25)20-14-12-17(24)22(13-14)15-6-2-1-3-7-15/h1-3,6-7,14H,4-5,8-13H2,(H2,19,20,25)/t14-/m0/s1. The van der Waals surface area contributed by atoms with Crippen molar-refractivity contribution in [2.24, 2.45) is 0 Å². The molecule has 0 unspecified atom stereocenters. The normalized spacial score (nSPS) is 20.2. The zero-order valence-corrected chi connectivity index (χ0v) is 14.2. The molecule has 2 N–H and O–H groups in total. The molecule has 0 radical (unpaired) electrons. The molecular weight excluding hydrogens is 320 g/mol. The predicted octanol–water partition coefficient (Wildman–Crippen LogP) is 1.10. The smallest absolute Gasteiger partial charge is 0.315 e. The third kappa shape index (κ3) is 4.49. The fourth-order valence-corrected chi connectivity index (χ4v) is 3.31. The lowest BCUT2D eigenvalue weighted by Crippen LogP contribution is -2.44. The minimum Gasteiger partial charge on any atom is -0.343 e. The van der Waals surface area contributed by atoms with E-state index < -0.39 is 0 Å². The lowest BCUT2D eigenvalue weighted by atomic mass is 10.2. The third-order valence-corrected chi connectivity index (χ3v) is 4.59. The number of urea groups is 1. The summed E-state index contributed by atoms with van der Waals surface area (Å²) >= 11 is 0. The van der Waals surface area contributed by atoms with Gasteiger partial charge in [0.15, 0.2) is 0 Å². The Hall–Kier alpha value is -2.57. The van der Waals surface area contributed by atoms with Gasteiger partial charge in [-0.25, -0.2) is 4.79 Å². The van der Waals surface area contributed by atoms with E-state index in [1.807, 2.05) is 35.2 Å². The van der Waals surface area contributed by atoms with Crippen molar-refractivity contribution in [3.63, 3.8) is 0 Å². The average molecular weight is 344 g/mol. The van der Waals surface area contributed by atoms with Crippen LogP contribution in [0, 0.1) is 0 Å². The molecule has 0 bridgehead atoms. The van der Waals surface area contributed by atoms with E-state index in [1.54, 1.807) is 4.90 Å². The summed E-state index contributed by atoms with van der Waals surface area (Å²) in [6.45, 7) is 2.50. The highest BCUT2D eigenvalue weighted by atomic mass is 16.2. The maximum absolute atomic E-state index is 12.1. The fourth-order valence-electron chi connectivity index (χ4n) is 3.31. The van der Waals surface area contributed by atoms with Crippen LogP contribution >= 0.6 is 0 Å². The van der Waals surface area contributed by atoms with Crippen molar-refractivity contribution in [3.05, 3.63) is 30.3 Å². The topological polar surface area (TPSA) is 81.8 Å². The van der Waals surface area contributed by atoms with Gasteiger partial charge in [-0.05, 0) is 25.0 Å². The number of rotatable bonds is 6. The van der Waals surface area contributed by atoms with Crippen LogP contribution in [-0.2, 0) is 9.59 Å². The number of amides is 4. The number of nitrogens with one attached hydrogen (secondary N) is 2. The van der Waals surface area contributed by atoms with E-state index in [-0.39, 0.29) is 23.9 Å². The van der Waals surface area contributed by atoms with Crippen molar-refractivity contribution in [2.75, 3.05) is 31.1 Å². The van der Waals surface area contributed by atoms with Crippen molar-refractivity contribution in [1.82, 2.24) is 15.5 Å². The summed E-state index contributed by atoms with van der Waals surface area (Å²) in [5.74, 6) is 0.221. The van der Waals surface area contributed by atoms with E-state index >= 15 is 0 Å². The number of hydrogen-bond donors (Lipinski definition) is 2. The van der Waals surface area contributed by atoms with Crippen LogP contribution in [0.4, 0.5) is 10.5 Å². The van der Waals surface area contributed by atoms with Crippen LogP contribution in [0.15, 0.2) is 30.3 Å². The zero-order chi connectivity index (χ0) is 17.6. The molecule has 1 atom stereocenters. The van der Waals surface area contributed by atoms with E-state index in [2.05, 4.69) is 10.6 Å². The molecular formula is C18H24N4O3. The van der Waals surface area contributed by atoms with Crippen LogP contribution < -0.4 is 15.5 Å². The maximum atomic E-state index is 12.1. The highest BCUT2D eigenvalue weighted by Crippen LogP contribution is 2.20. The predicted molar refractivity (Wildman–Crippen MR) is 94.2 cm³/mol. The Morgan fingerprint density at radius 1 is 1.16 bits per heavy atom. The fraction of sp³-hybridized carbons (Fsp3) is 0.500. The molecule has 0 spiro atoms. The summed E-state index contributed by atoms with van der Waals surface area (Å²) < 4.78 is 0. The zero-order valence-electron chi connectivity index (χ0n) is 14.2. The molecule has 7 nitrogen and oxygen atoms in total. The molecule has 2 heterocycles. The molecule has 2 aliphatic rings. The Labute approximate surface area is 147 Å². The van der Waals surface area contributed by atoms with Crippen LogP contribution in [0.25, 0.3) is 0 Å². The summed E-state index contributed by atoms with van der Waals surface area (Å²) in [5, 5.41) is 5.65. The number of carbonyl (C=O) groups excluding carboxylic acids is 3. The van der Waals surface area contributed by atoms with Crippen molar-refractivity contribution >= 4 is 23.5 Å². The molecule has 0 aromatic heterocycles. The number of benzene rings is 1. The number of likely N-dealkylation sites (tertiary alicyclic amines) is 1. The van der Waals surface area contributed by atoms with Gasteiger partial charge in [-0.15, -0.1) is 0 Å². The van der Waals surface area contributed by atoms with Gasteiger partial charge in [-0.3, -0.25) is 9.59 Å². The van der Waals surface area contributed by atoms with E-state index in [1.165, 1.54) is 0 Å². The molecule has 2 saturated heterocycles. The first-order valence-corrected chi connectivity index (χ1v) is 8.81.